The van der Waals surface area contributed by atoms with Gasteiger partial charge in [0.15, 0.2) is 5.96 Å². The molecule has 25 heavy (non-hydrogen) atoms. The first-order valence-corrected chi connectivity index (χ1v) is 8.56. The van der Waals surface area contributed by atoms with Crippen molar-refractivity contribution in [2.24, 2.45) is 10.9 Å². The van der Waals surface area contributed by atoms with E-state index >= 15 is 0 Å². The van der Waals surface area contributed by atoms with Crippen molar-refractivity contribution in [3.05, 3.63) is 35.8 Å². The normalized spacial score (nSPS) is 11.6. The Balaban J connectivity index is 0.00000312. The highest BCUT2D eigenvalue weighted by molar-refractivity contribution is 14.0. The Morgan fingerprint density at radius 2 is 2.12 bits per heavy atom. The Kier molecular flexibility index (Phi) is 9.81. The van der Waals surface area contributed by atoms with Crippen molar-refractivity contribution in [3.8, 4) is 0 Å². The van der Waals surface area contributed by atoms with E-state index in [2.05, 4.69) is 58.0 Å². The fraction of sp³-hybridized carbons (Fsp3) is 0.556. The summed E-state index contributed by atoms with van der Waals surface area (Å²) in [4.78, 5) is 8.85. The number of fused-ring (bicyclic) bond motifs is 1. The largest absolute Gasteiger partial charge is 0.381 e. The van der Waals surface area contributed by atoms with Gasteiger partial charge in [0.25, 0.3) is 0 Å². The predicted octanol–water partition coefficient (Wildman–Crippen LogP) is 2.99. The second-order valence-electron chi connectivity index (χ2n) is 6.30. The third-order valence-electron chi connectivity index (χ3n) is 3.62. The monoisotopic (exact) mass is 459 g/mol. The van der Waals surface area contributed by atoms with Crippen LogP contribution in [0.25, 0.3) is 5.65 Å². The minimum absolute atomic E-state index is 0. The number of aliphatic imine (C=N–C) groups is 1. The molecule has 0 aliphatic heterocycles. The number of aromatic nitrogens is 2. The third-order valence-corrected chi connectivity index (χ3v) is 3.62. The number of rotatable bonds is 8. The van der Waals surface area contributed by atoms with Crippen molar-refractivity contribution in [3.63, 3.8) is 0 Å². The van der Waals surface area contributed by atoms with Crippen LogP contribution in [-0.4, -0.2) is 42.2 Å². The zero-order valence-electron chi connectivity index (χ0n) is 15.6. The first kappa shape index (κ1) is 21.7. The van der Waals surface area contributed by atoms with Crippen LogP contribution in [0.2, 0.25) is 0 Å². The summed E-state index contributed by atoms with van der Waals surface area (Å²) in [5.41, 5.74) is 3.14. The van der Waals surface area contributed by atoms with E-state index in [4.69, 9.17) is 4.74 Å². The van der Waals surface area contributed by atoms with Gasteiger partial charge in [-0.3, -0.25) is 4.99 Å². The van der Waals surface area contributed by atoms with Gasteiger partial charge in [0.2, 0.25) is 0 Å². The molecule has 0 aromatic carbocycles. The molecular formula is C18H30IN5O. The fourth-order valence-electron chi connectivity index (χ4n) is 2.38. The number of nitrogens with one attached hydrogen (secondary N) is 2. The lowest BCUT2D eigenvalue weighted by molar-refractivity contribution is 0.108. The molecule has 2 rings (SSSR count). The van der Waals surface area contributed by atoms with Crippen LogP contribution >= 0.6 is 24.0 Å². The van der Waals surface area contributed by atoms with Gasteiger partial charge in [0.1, 0.15) is 5.65 Å². The molecule has 140 valence electrons. The van der Waals surface area contributed by atoms with Crippen LogP contribution in [-0.2, 0) is 11.3 Å². The predicted molar refractivity (Wildman–Crippen MR) is 114 cm³/mol. The summed E-state index contributed by atoms with van der Waals surface area (Å²) in [5.74, 6) is 1.37. The first-order valence-electron chi connectivity index (χ1n) is 8.56. The van der Waals surface area contributed by atoms with E-state index in [1.54, 1.807) is 7.05 Å². The van der Waals surface area contributed by atoms with Gasteiger partial charge in [-0.05, 0) is 31.4 Å². The van der Waals surface area contributed by atoms with E-state index in [0.29, 0.717) is 12.5 Å². The first-order chi connectivity index (χ1) is 11.6. The molecule has 2 aromatic heterocycles. The standard InChI is InChI=1S/C18H29N5O.HI/c1-14(2)13-24-10-6-9-20-18(19-4)21-11-16-12-23-15(3)7-5-8-17(23)22-16;/h5,7-8,12,14H,6,9-11,13H2,1-4H3,(H2,19,20,21);1H. The SMILES string of the molecule is CN=C(NCCCOCC(C)C)NCc1cn2c(C)cccc2n1.I. The van der Waals surface area contributed by atoms with Gasteiger partial charge >= 0.3 is 0 Å². The quantitative estimate of drug-likeness (QED) is 0.276. The Morgan fingerprint density at radius 1 is 1.32 bits per heavy atom. The second-order valence-corrected chi connectivity index (χ2v) is 6.30. The molecule has 0 aliphatic rings. The lowest BCUT2D eigenvalue weighted by Gasteiger charge is -2.11. The highest BCUT2D eigenvalue weighted by atomic mass is 127. The van der Waals surface area contributed by atoms with Gasteiger partial charge in [0.05, 0.1) is 12.2 Å². The van der Waals surface area contributed by atoms with Crippen molar-refractivity contribution in [1.82, 2.24) is 20.0 Å². The Labute approximate surface area is 167 Å². The number of halogens is 1. The van der Waals surface area contributed by atoms with Crippen LogP contribution in [0.3, 0.4) is 0 Å². The Bertz CT molecular complexity index is 669. The summed E-state index contributed by atoms with van der Waals surface area (Å²) in [6.45, 7) is 9.46. The van der Waals surface area contributed by atoms with Crippen LogP contribution in [0.5, 0.6) is 0 Å². The van der Waals surface area contributed by atoms with Crippen molar-refractivity contribution in [2.75, 3.05) is 26.8 Å². The number of nitrogens with zero attached hydrogens (tertiary/aromatic N) is 3. The summed E-state index contributed by atoms with van der Waals surface area (Å²) in [5, 5.41) is 6.59. The van der Waals surface area contributed by atoms with Crippen LogP contribution in [0.1, 0.15) is 31.7 Å². The van der Waals surface area contributed by atoms with E-state index in [9.17, 15) is 0 Å². The molecule has 0 spiro atoms. The summed E-state index contributed by atoms with van der Waals surface area (Å²) in [7, 11) is 1.78. The molecular weight excluding hydrogens is 429 g/mol. The molecule has 0 amide bonds. The highest BCUT2D eigenvalue weighted by Crippen LogP contribution is 2.08. The second kappa shape index (κ2) is 11.3. The van der Waals surface area contributed by atoms with Crippen molar-refractivity contribution in [1.29, 1.82) is 0 Å². The number of ether oxygens (including phenoxy) is 1. The lowest BCUT2D eigenvalue weighted by Crippen LogP contribution is -2.37. The maximum Gasteiger partial charge on any atom is 0.191 e. The number of hydrogen-bond donors (Lipinski definition) is 2. The van der Waals surface area contributed by atoms with Gasteiger partial charge in [-0.2, -0.15) is 0 Å². The molecule has 2 aromatic rings. The molecule has 0 saturated heterocycles. The summed E-state index contributed by atoms with van der Waals surface area (Å²) >= 11 is 0. The number of imidazole rings is 1. The molecule has 2 heterocycles. The maximum absolute atomic E-state index is 5.57. The average molecular weight is 459 g/mol. The molecule has 0 bridgehead atoms. The maximum atomic E-state index is 5.57. The smallest absolute Gasteiger partial charge is 0.191 e. The summed E-state index contributed by atoms with van der Waals surface area (Å²) in [6.07, 6.45) is 3.02. The van der Waals surface area contributed by atoms with Crippen LogP contribution in [0, 0.1) is 12.8 Å². The molecule has 0 saturated carbocycles. The average Bonchev–Trinajstić information content (AvgIpc) is 2.97. The van der Waals surface area contributed by atoms with Gasteiger partial charge in [-0.1, -0.05) is 19.9 Å². The fourth-order valence-corrected chi connectivity index (χ4v) is 2.38. The number of pyridine rings is 1. The lowest BCUT2D eigenvalue weighted by atomic mass is 10.2. The minimum atomic E-state index is 0. The zero-order chi connectivity index (χ0) is 17.4. The van der Waals surface area contributed by atoms with E-state index < -0.39 is 0 Å². The minimum Gasteiger partial charge on any atom is -0.381 e. The van der Waals surface area contributed by atoms with Crippen LogP contribution in [0.15, 0.2) is 29.4 Å². The molecule has 7 heteroatoms. The van der Waals surface area contributed by atoms with Crippen molar-refractivity contribution < 1.29 is 4.74 Å². The highest BCUT2D eigenvalue weighted by Gasteiger charge is 2.04. The number of hydrogen-bond acceptors (Lipinski definition) is 3. The van der Waals surface area contributed by atoms with Gasteiger partial charge in [-0.15, -0.1) is 24.0 Å². The van der Waals surface area contributed by atoms with Crippen LogP contribution in [0.4, 0.5) is 0 Å². The van der Waals surface area contributed by atoms with Crippen molar-refractivity contribution >= 4 is 35.6 Å². The van der Waals surface area contributed by atoms with Gasteiger partial charge in [0, 0.05) is 38.7 Å². The molecule has 0 atom stereocenters. The Hall–Kier alpha value is -1.35. The molecule has 0 aliphatic carbocycles. The zero-order valence-corrected chi connectivity index (χ0v) is 17.9. The molecule has 0 fully saturated rings. The summed E-state index contributed by atoms with van der Waals surface area (Å²) in [6, 6.07) is 6.12. The van der Waals surface area contributed by atoms with E-state index in [0.717, 1.165) is 43.5 Å². The van der Waals surface area contributed by atoms with Gasteiger partial charge < -0.3 is 19.8 Å². The molecule has 6 nitrogen and oxygen atoms in total. The number of guanidine groups is 1. The van der Waals surface area contributed by atoms with E-state index in [-0.39, 0.29) is 24.0 Å². The summed E-state index contributed by atoms with van der Waals surface area (Å²) < 4.78 is 7.67. The van der Waals surface area contributed by atoms with E-state index in [1.807, 2.05) is 12.1 Å². The number of aryl methyl sites for hydroxylation is 1. The Morgan fingerprint density at radius 3 is 2.80 bits per heavy atom. The molecule has 0 radical (unpaired) electrons. The van der Waals surface area contributed by atoms with Crippen molar-refractivity contribution in [2.45, 2.75) is 33.7 Å². The molecule has 2 N–H and O–H groups in total. The topological polar surface area (TPSA) is 63.0 Å². The third kappa shape index (κ3) is 7.19. The van der Waals surface area contributed by atoms with Gasteiger partial charge in [-0.25, -0.2) is 4.98 Å². The van der Waals surface area contributed by atoms with E-state index in [1.165, 1.54) is 5.69 Å². The van der Waals surface area contributed by atoms with Crippen LogP contribution < -0.4 is 10.6 Å². The molecule has 0 unspecified atom stereocenters.